The zero-order chi connectivity index (χ0) is 15.2. The average Bonchev–Trinajstić information content (AvgIpc) is 2.88. The van der Waals surface area contributed by atoms with E-state index in [1.165, 1.54) is 12.1 Å². The lowest BCUT2D eigenvalue weighted by Crippen LogP contribution is -2.06. The quantitative estimate of drug-likeness (QED) is 0.599. The highest BCUT2D eigenvalue weighted by atomic mass is 35.5. The minimum absolute atomic E-state index is 0.0283. The van der Waals surface area contributed by atoms with E-state index in [1.54, 1.807) is 6.20 Å². The smallest absolute Gasteiger partial charge is 0.207 e. The van der Waals surface area contributed by atoms with Gasteiger partial charge in [0.05, 0.1) is 10.0 Å². The molecular weight excluding hydrogens is 316 g/mol. The molecule has 0 radical (unpaired) electrons. The SMILES string of the molecule is CCOCCCn1ccnc1Nc1cc(Cl)c(F)c(Cl)c1. The number of aromatic nitrogens is 2. The van der Waals surface area contributed by atoms with Gasteiger partial charge in [0.15, 0.2) is 5.82 Å². The van der Waals surface area contributed by atoms with Crippen molar-refractivity contribution >= 4 is 34.8 Å². The van der Waals surface area contributed by atoms with E-state index in [4.69, 9.17) is 27.9 Å². The van der Waals surface area contributed by atoms with Gasteiger partial charge in [-0.2, -0.15) is 0 Å². The summed E-state index contributed by atoms with van der Waals surface area (Å²) in [5, 5.41) is 3.02. The lowest BCUT2D eigenvalue weighted by Gasteiger charge is -2.11. The van der Waals surface area contributed by atoms with Crippen molar-refractivity contribution in [3.63, 3.8) is 0 Å². The highest BCUT2D eigenvalue weighted by Crippen LogP contribution is 2.28. The van der Waals surface area contributed by atoms with Crippen LogP contribution in [0.3, 0.4) is 0 Å². The Labute approximate surface area is 132 Å². The lowest BCUT2D eigenvalue weighted by molar-refractivity contribution is 0.142. The van der Waals surface area contributed by atoms with Gasteiger partial charge in [-0.05, 0) is 25.5 Å². The Balaban J connectivity index is 2.05. The molecule has 0 bridgehead atoms. The standard InChI is InChI=1S/C14H16Cl2FN3O/c1-2-21-7-3-5-20-6-4-18-14(20)19-10-8-11(15)13(17)12(16)9-10/h4,6,8-9H,2-3,5,7H2,1H3,(H,18,19). The van der Waals surface area contributed by atoms with Crippen LogP contribution < -0.4 is 5.32 Å². The van der Waals surface area contributed by atoms with E-state index in [9.17, 15) is 4.39 Å². The molecule has 0 saturated heterocycles. The van der Waals surface area contributed by atoms with Crippen LogP contribution in [0.4, 0.5) is 16.0 Å². The second kappa shape index (κ2) is 7.64. The lowest BCUT2D eigenvalue weighted by atomic mass is 10.3. The summed E-state index contributed by atoms with van der Waals surface area (Å²) in [5.41, 5.74) is 0.587. The van der Waals surface area contributed by atoms with Crippen LogP contribution in [0.5, 0.6) is 0 Å². The summed E-state index contributed by atoms with van der Waals surface area (Å²) in [5.74, 6) is 0.0224. The number of imidazole rings is 1. The maximum absolute atomic E-state index is 13.4. The molecule has 7 heteroatoms. The van der Waals surface area contributed by atoms with Crippen molar-refractivity contribution in [2.45, 2.75) is 19.9 Å². The fraction of sp³-hybridized carbons (Fsp3) is 0.357. The molecule has 1 aromatic heterocycles. The van der Waals surface area contributed by atoms with Gasteiger partial charge >= 0.3 is 0 Å². The van der Waals surface area contributed by atoms with E-state index < -0.39 is 5.82 Å². The molecular formula is C14H16Cl2FN3O. The molecule has 114 valence electrons. The van der Waals surface area contributed by atoms with Crippen LogP contribution in [0.15, 0.2) is 24.5 Å². The third kappa shape index (κ3) is 4.33. The molecule has 0 saturated carbocycles. The zero-order valence-corrected chi connectivity index (χ0v) is 13.1. The van der Waals surface area contributed by atoms with Crippen LogP contribution in [-0.4, -0.2) is 22.8 Å². The van der Waals surface area contributed by atoms with Crippen LogP contribution in [0, 0.1) is 5.82 Å². The number of ether oxygens (including phenoxy) is 1. The number of aryl methyl sites for hydroxylation is 1. The van der Waals surface area contributed by atoms with Crippen molar-refractivity contribution in [2.75, 3.05) is 18.5 Å². The van der Waals surface area contributed by atoms with Gasteiger partial charge in [0.2, 0.25) is 5.95 Å². The Kier molecular flexibility index (Phi) is 5.85. The van der Waals surface area contributed by atoms with E-state index in [0.717, 1.165) is 13.0 Å². The topological polar surface area (TPSA) is 39.1 Å². The van der Waals surface area contributed by atoms with Gasteiger partial charge in [0.1, 0.15) is 0 Å². The Hall–Kier alpha value is -1.30. The van der Waals surface area contributed by atoms with Crippen LogP contribution in [0.1, 0.15) is 13.3 Å². The maximum Gasteiger partial charge on any atom is 0.207 e. The first-order valence-corrected chi connectivity index (χ1v) is 7.38. The molecule has 0 aliphatic heterocycles. The van der Waals surface area contributed by atoms with Gasteiger partial charge < -0.3 is 14.6 Å². The van der Waals surface area contributed by atoms with E-state index in [2.05, 4.69) is 10.3 Å². The number of nitrogens with zero attached hydrogens (tertiary/aromatic N) is 2. The van der Waals surface area contributed by atoms with Gasteiger partial charge in [-0.3, -0.25) is 0 Å². The Bertz CT molecular complexity index is 581. The minimum atomic E-state index is -0.621. The molecule has 21 heavy (non-hydrogen) atoms. The van der Waals surface area contributed by atoms with Crippen molar-refractivity contribution in [1.82, 2.24) is 9.55 Å². The monoisotopic (exact) mass is 331 g/mol. The molecule has 0 unspecified atom stereocenters. The molecule has 1 heterocycles. The molecule has 0 aliphatic rings. The summed E-state index contributed by atoms with van der Waals surface area (Å²) >= 11 is 11.5. The normalized spacial score (nSPS) is 10.9. The fourth-order valence-corrected chi connectivity index (χ4v) is 2.34. The predicted molar refractivity (Wildman–Crippen MR) is 83.0 cm³/mol. The molecule has 1 aromatic carbocycles. The van der Waals surface area contributed by atoms with Gasteiger partial charge in [-0.25, -0.2) is 9.37 Å². The van der Waals surface area contributed by atoms with Crippen molar-refractivity contribution < 1.29 is 9.13 Å². The molecule has 1 N–H and O–H groups in total. The van der Waals surface area contributed by atoms with Crippen LogP contribution in [0.25, 0.3) is 0 Å². The predicted octanol–water partition coefficient (Wildman–Crippen LogP) is 4.50. The first-order chi connectivity index (χ1) is 10.1. The third-order valence-corrected chi connectivity index (χ3v) is 3.40. The first-order valence-electron chi connectivity index (χ1n) is 6.62. The number of rotatable bonds is 7. The Morgan fingerprint density at radius 3 is 2.71 bits per heavy atom. The number of nitrogens with one attached hydrogen (secondary N) is 1. The number of hydrogen-bond acceptors (Lipinski definition) is 3. The molecule has 0 amide bonds. The second-order valence-corrected chi connectivity index (χ2v) is 5.19. The van der Waals surface area contributed by atoms with Gasteiger partial charge in [-0.1, -0.05) is 23.2 Å². The van der Waals surface area contributed by atoms with Crippen LogP contribution >= 0.6 is 23.2 Å². The van der Waals surface area contributed by atoms with Gasteiger partial charge in [0, 0.05) is 37.8 Å². The summed E-state index contributed by atoms with van der Waals surface area (Å²) in [6.07, 6.45) is 4.43. The largest absolute Gasteiger partial charge is 0.382 e. The first kappa shape index (κ1) is 16.1. The molecule has 0 spiro atoms. The molecule has 0 aliphatic carbocycles. The summed E-state index contributed by atoms with van der Waals surface area (Å²) < 4.78 is 20.6. The highest BCUT2D eigenvalue weighted by molar-refractivity contribution is 6.35. The molecule has 4 nitrogen and oxygen atoms in total. The summed E-state index contributed by atoms with van der Waals surface area (Å²) in [6.45, 7) is 4.14. The van der Waals surface area contributed by atoms with Crippen LogP contribution in [0.2, 0.25) is 10.0 Å². The highest BCUT2D eigenvalue weighted by Gasteiger charge is 2.09. The van der Waals surface area contributed by atoms with Crippen molar-refractivity contribution in [2.24, 2.45) is 0 Å². The molecule has 0 atom stereocenters. The molecule has 2 rings (SSSR count). The Morgan fingerprint density at radius 1 is 1.33 bits per heavy atom. The number of anilines is 2. The summed E-state index contributed by atoms with van der Waals surface area (Å²) in [7, 11) is 0. The van der Waals surface area contributed by atoms with Crippen molar-refractivity contribution in [3.8, 4) is 0 Å². The average molecular weight is 332 g/mol. The van der Waals surface area contributed by atoms with E-state index in [0.29, 0.717) is 24.8 Å². The Morgan fingerprint density at radius 2 is 2.05 bits per heavy atom. The van der Waals surface area contributed by atoms with E-state index in [1.807, 2.05) is 17.7 Å². The number of halogens is 3. The fourth-order valence-electron chi connectivity index (χ4n) is 1.85. The number of benzene rings is 1. The van der Waals surface area contributed by atoms with Gasteiger partial charge in [0.25, 0.3) is 0 Å². The summed E-state index contributed by atoms with van der Waals surface area (Å²) in [6, 6.07) is 2.95. The van der Waals surface area contributed by atoms with Crippen molar-refractivity contribution in [3.05, 3.63) is 40.4 Å². The van der Waals surface area contributed by atoms with E-state index >= 15 is 0 Å². The summed E-state index contributed by atoms with van der Waals surface area (Å²) in [4.78, 5) is 4.22. The molecule has 0 fully saturated rings. The van der Waals surface area contributed by atoms with Crippen molar-refractivity contribution in [1.29, 1.82) is 0 Å². The second-order valence-electron chi connectivity index (χ2n) is 4.37. The van der Waals surface area contributed by atoms with Gasteiger partial charge in [-0.15, -0.1) is 0 Å². The van der Waals surface area contributed by atoms with Crippen LogP contribution in [-0.2, 0) is 11.3 Å². The van der Waals surface area contributed by atoms with E-state index in [-0.39, 0.29) is 10.0 Å². The maximum atomic E-state index is 13.4. The third-order valence-electron chi connectivity index (χ3n) is 2.85. The molecule has 2 aromatic rings. The minimum Gasteiger partial charge on any atom is -0.382 e. The number of hydrogen-bond donors (Lipinski definition) is 1. The zero-order valence-electron chi connectivity index (χ0n) is 11.6.